The molecule has 170 valence electrons. The van der Waals surface area contributed by atoms with Gasteiger partial charge < -0.3 is 15.2 Å². The van der Waals surface area contributed by atoms with Gasteiger partial charge in [-0.3, -0.25) is 9.59 Å². The molecular weight excluding hydrogens is 428 g/mol. The molecule has 0 saturated heterocycles. The zero-order chi connectivity index (χ0) is 23.8. The first-order valence-corrected chi connectivity index (χ1v) is 10.9. The standard InChI is InChI=1S/C28H24N2O4/c31-26(32)19-27(33)34-20-24-17-10-18-25(29-24)30-28(21-11-4-1-5-12-21,22-13-6-2-7-14-22)23-15-8-3-9-16-23/h1-18H,19-20H2,(H,29,30)(H,31,32). The number of ether oxygens (including phenoxy) is 1. The van der Waals surface area contributed by atoms with Crippen LogP contribution in [0.2, 0.25) is 0 Å². The predicted molar refractivity (Wildman–Crippen MR) is 129 cm³/mol. The number of pyridine rings is 1. The highest BCUT2D eigenvalue weighted by atomic mass is 16.5. The van der Waals surface area contributed by atoms with Crippen molar-refractivity contribution in [2.24, 2.45) is 0 Å². The number of hydrogen-bond acceptors (Lipinski definition) is 5. The van der Waals surface area contributed by atoms with Crippen LogP contribution in [0.15, 0.2) is 109 Å². The Balaban J connectivity index is 1.76. The van der Waals surface area contributed by atoms with E-state index in [9.17, 15) is 9.59 Å². The Morgan fingerprint density at radius 2 is 1.24 bits per heavy atom. The number of nitrogens with one attached hydrogen (secondary N) is 1. The fraction of sp³-hybridized carbons (Fsp3) is 0.107. The van der Waals surface area contributed by atoms with Crippen molar-refractivity contribution in [2.45, 2.75) is 18.6 Å². The Labute approximate surface area is 197 Å². The van der Waals surface area contributed by atoms with Crippen LogP contribution in [0.25, 0.3) is 0 Å². The van der Waals surface area contributed by atoms with Gasteiger partial charge in [0.05, 0.1) is 5.69 Å². The zero-order valence-electron chi connectivity index (χ0n) is 18.4. The van der Waals surface area contributed by atoms with Crippen molar-refractivity contribution in [3.8, 4) is 0 Å². The summed E-state index contributed by atoms with van der Waals surface area (Å²) in [5, 5.41) is 12.4. The number of carbonyl (C=O) groups is 2. The predicted octanol–water partition coefficient (Wildman–Crippen LogP) is 5.00. The van der Waals surface area contributed by atoms with Gasteiger partial charge in [-0.25, -0.2) is 4.98 Å². The Kier molecular flexibility index (Phi) is 6.98. The van der Waals surface area contributed by atoms with Gasteiger partial charge in [0.1, 0.15) is 24.4 Å². The number of aromatic nitrogens is 1. The van der Waals surface area contributed by atoms with Gasteiger partial charge in [-0.05, 0) is 28.8 Å². The molecule has 2 N–H and O–H groups in total. The topological polar surface area (TPSA) is 88.5 Å². The van der Waals surface area contributed by atoms with E-state index < -0.39 is 23.9 Å². The van der Waals surface area contributed by atoms with Gasteiger partial charge in [0, 0.05) is 0 Å². The Morgan fingerprint density at radius 3 is 1.71 bits per heavy atom. The summed E-state index contributed by atoms with van der Waals surface area (Å²) in [6.45, 7) is -0.114. The van der Waals surface area contributed by atoms with Crippen LogP contribution in [-0.2, 0) is 26.5 Å². The summed E-state index contributed by atoms with van der Waals surface area (Å²) in [5.41, 5.74) is 2.87. The number of carboxylic acids is 1. The second-order valence-corrected chi connectivity index (χ2v) is 7.72. The molecule has 4 aromatic rings. The first kappa shape index (κ1) is 22.7. The van der Waals surface area contributed by atoms with Crippen LogP contribution in [0.3, 0.4) is 0 Å². The smallest absolute Gasteiger partial charge is 0.317 e. The van der Waals surface area contributed by atoms with Crippen LogP contribution >= 0.6 is 0 Å². The van der Waals surface area contributed by atoms with Gasteiger partial charge in [0.25, 0.3) is 0 Å². The van der Waals surface area contributed by atoms with E-state index in [0.717, 1.165) is 16.7 Å². The number of nitrogens with zero attached hydrogens (tertiary/aromatic N) is 1. The van der Waals surface area contributed by atoms with Crippen LogP contribution in [0.5, 0.6) is 0 Å². The quantitative estimate of drug-likeness (QED) is 0.211. The lowest BCUT2D eigenvalue weighted by molar-refractivity contribution is -0.152. The number of anilines is 1. The summed E-state index contributed by atoms with van der Waals surface area (Å²) in [7, 11) is 0. The van der Waals surface area contributed by atoms with Crippen LogP contribution in [-0.4, -0.2) is 22.0 Å². The number of hydrogen-bond donors (Lipinski definition) is 2. The molecule has 0 aliphatic carbocycles. The third-order valence-electron chi connectivity index (χ3n) is 5.42. The minimum absolute atomic E-state index is 0.114. The minimum atomic E-state index is -1.23. The average molecular weight is 453 g/mol. The lowest BCUT2D eigenvalue weighted by atomic mass is 9.77. The lowest BCUT2D eigenvalue weighted by Crippen LogP contribution is -2.38. The molecule has 34 heavy (non-hydrogen) atoms. The second kappa shape index (κ2) is 10.4. The van der Waals surface area contributed by atoms with Crippen LogP contribution in [0, 0.1) is 0 Å². The van der Waals surface area contributed by atoms with Crippen molar-refractivity contribution >= 4 is 17.8 Å². The van der Waals surface area contributed by atoms with Crippen molar-refractivity contribution in [2.75, 3.05) is 5.32 Å². The van der Waals surface area contributed by atoms with Gasteiger partial charge in [0.15, 0.2) is 0 Å². The van der Waals surface area contributed by atoms with E-state index >= 15 is 0 Å². The van der Waals surface area contributed by atoms with Gasteiger partial charge in [-0.1, -0.05) is 97.1 Å². The summed E-state index contributed by atoms with van der Waals surface area (Å²) in [4.78, 5) is 27.0. The Hall–Kier alpha value is -4.45. The highest BCUT2D eigenvalue weighted by Crippen LogP contribution is 2.39. The van der Waals surface area contributed by atoms with E-state index in [2.05, 4.69) is 46.7 Å². The largest absolute Gasteiger partial charge is 0.481 e. The fourth-order valence-electron chi connectivity index (χ4n) is 3.93. The van der Waals surface area contributed by atoms with Crippen LogP contribution in [0.1, 0.15) is 28.8 Å². The van der Waals surface area contributed by atoms with Gasteiger partial charge in [-0.15, -0.1) is 0 Å². The van der Waals surface area contributed by atoms with E-state index in [0.29, 0.717) is 11.5 Å². The number of carbonyl (C=O) groups excluding carboxylic acids is 1. The van der Waals surface area contributed by atoms with Crippen molar-refractivity contribution < 1.29 is 19.4 Å². The summed E-state index contributed by atoms with van der Waals surface area (Å²) in [5.74, 6) is -1.45. The van der Waals surface area contributed by atoms with E-state index in [-0.39, 0.29) is 6.61 Å². The maximum absolute atomic E-state index is 11.6. The monoisotopic (exact) mass is 452 g/mol. The highest BCUT2D eigenvalue weighted by molar-refractivity contribution is 5.90. The molecule has 0 aliphatic heterocycles. The molecule has 4 rings (SSSR count). The molecule has 0 atom stereocenters. The van der Waals surface area contributed by atoms with Crippen molar-refractivity contribution in [3.63, 3.8) is 0 Å². The molecular formula is C28H24N2O4. The summed E-state index contributed by atoms with van der Waals surface area (Å²) in [6.07, 6.45) is -0.683. The number of esters is 1. The maximum Gasteiger partial charge on any atom is 0.317 e. The van der Waals surface area contributed by atoms with Crippen molar-refractivity contribution in [3.05, 3.63) is 132 Å². The number of rotatable bonds is 9. The summed E-state index contributed by atoms with van der Waals surface area (Å²) < 4.78 is 5.07. The molecule has 0 unspecified atom stereocenters. The first-order valence-electron chi connectivity index (χ1n) is 10.9. The number of benzene rings is 3. The molecule has 0 fully saturated rings. The lowest BCUT2D eigenvalue weighted by Gasteiger charge is -2.37. The molecule has 6 nitrogen and oxygen atoms in total. The second-order valence-electron chi connectivity index (χ2n) is 7.72. The van der Waals surface area contributed by atoms with Crippen molar-refractivity contribution in [1.82, 2.24) is 4.98 Å². The zero-order valence-corrected chi connectivity index (χ0v) is 18.4. The molecule has 0 spiro atoms. The Bertz CT molecular complexity index is 1150. The SMILES string of the molecule is O=C(O)CC(=O)OCc1cccc(NC(c2ccccc2)(c2ccccc2)c2ccccc2)n1. The molecule has 6 heteroatoms. The minimum Gasteiger partial charge on any atom is -0.481 e. The van der Waals surface area contributed by atoms with Crippen LogP contribution in [0.4, 0.5) is 5.82 Å². The number of aliphatic carboxylic acids is 1. The third kappa shape index (κ3) is 5.13. The van der Waals surface area contributed by atoms with E-state index in [1.807, 2.05) is 66.7 Å². The molecule has 1 aromatic heterocycles. The molecule has 0 bridgehead atoms. The van der Waals surface area contributed by atoms with Crippen LogP contribution < -0.4 is 5.32 Å². The van der Waals surface area contributed by atoms with Gasteiger partial charge in [-0.2, -0.15) is 0 Å². The van der Waals surface area contributed by atoms with Crippen molar-refractivity contribution in [1.29, 1.82) is 0 Å². The molecule has 0 saturated carbocycles. The normalized spacial score (nSPS) is 10.9. The van der Waals surface area contributed by atoms with E-state index in [1.54, 1.807) is 6.07 Å². The fourth-order valence-corrected chi connectivity index (χ4v) is 3.93. The number of carboxylic acid groups (broad SMARTS) is 1. The van der Waals surface area contributed by atoms with E-state index in [1.165, 1.54) is 0 Å². The summed E-state index contributed by atoms with van der Waals surface area (Å²) >= 11 is 0. The molecule has 0 aliphatic rings. The third-order valence-corrected chi connectivity index (χ3v) is 5.42. The Morgan fingerprint density at radius 1 is 0.735 bits per heavy atom. The van der Waals surface area contributed by atoms with E-state index in [4.69, 9.17) is 9.84 Å². The molecule has 3 aromatic carbocycles. The average Bonchev–Trinajstić information content (AvgIpc) is 2.87. The molecule has 0 amide bonds. The summed E-state index contributed by atoms with van der Waals surface area (Å²) in [6, 6.07) is 35.8. The maximum atomic E-state index is 11.6. The van der Waals surface area contributed by atoms with Gasteiger partial charge >= 0.3 is 11.9 Å². The molecule has 0 radical (unpaired) electrons. The first-order chi connectivity index (χ1) is 16.6. The highest BCUT2D eigenvalue weighted by Gasteiger charge is 2.36. The molecule has 1 heterocycles. The van der Waals surface area contributed by atoms with Gasteiger partial charge in [0.2, 0.25) is 0 Å².